The van der Waals surface area contributed by atoms with Crippen molar-refractivity contribution in [3.8, 4) is 16.9 Å². The summed E-state index contributed by atoms with van der Waals surface area (Å²) in [5.41, 5.74) is 8.85. The first-order chi connectivity index (χ1) is 13.6. The first-order valence-corrected chi connectivity index (χ1v) is 8.96. The zero-order valence-electron chi connectivity index (χ0n) is 15.6. The molecule has 0 aromatic heterocycles. The lowest BCUT2D eigenvalue weighted by molar-refractivity contribution is -0.119. The number of ether oxygens (including phenoxy) is 1. The lowest BCUT2D eigenvalue weighted by atomic mass is 10.0. The molecule has 0 aliphatic rings. The van der Waals surface area contributed by atoms with Crippen LogP contribution in [0.1, 0.15) is 15.9 Å². The van der Waals surface area contributed by atoms with Gasteiger partial charge in [0.25, 0.3) is 5.91 Å². The molecular weight excluding hydrogens is 352 g/mol. The van der Waals surface area contributed by atoms with Gasteiger partial charge in [-0.2, -0.15) is 0 Å². The van der Waals surface area contributed by atoms with E-state index in [0.29, 0.717) is 11.3 Å². The highest BCUT2D eigenvalue weighted by Crippen LogP contribution is 2.20. The van der Waals surface area contributed by atoms with E-state index in [0.717, 1.165) is 16.7 Å². The number of amides is 2. The molecule has 2 amide bonds. The quantitative estimate of drug-likeness (QED) is 0.666. The van der Waals surface area contributed by atoms with Crippen molar-refractivity contribution in [1.82, 2.24) is 5.32 Å². The Morgan fingerprint density at radius 2 is 1.50 bits per heavy atom. The van der Waals surface area contributed by atoms with Crippen LogP contribution in [0, 0.1) is 0 Å². The van der Waals surface area contributed by atoms with E-state index in [1.165, 1.54) is 0 Å². The molecule has 5 heteroatoms. The first kappa shape index (κ1) is 19.2. The molecule has 0 saturated heterocycles. The van der Waals surface area contributed by atoms with Crippen molar-refractivity contribution in [3.05, 3.63) is 90.0 Å². The van der Waals surface area contributed by atoms with Gasteiger partial charge in [0.2, 0.25) is 5.91 Å². The highest BCUT2D eigenvalue weighted by molar-refractivity contribution is 5.97. The van der Waals surface area contributed by atoms with E-state index in [4.69, 9.17) is 10.5 Å². The Bertz CT molecular complexity index is 953. The SMILES string of the molecule is COc1ccccc1C[C@@H](NC(=O)c1ccc(-c2ccccc2)cc1)C(N)=O. The molecule has 0 bridgehead atoms. The topological polar surface area (TPSA) is 81.4 Å². The Morgan fingerprint density at radius 1 is 0.893 bits per heavy atom. The summed E-state index contributed by atoms with van der Waals surface area (Å²) >= 11 is 0. The van der Waals surface area contributed by atoms with Crippen molar-refractivity contribution < 1.29 is 14.3 Å². The molecule has 3 N–H and O–H groups in total. The maximum Gasteiger partial charge on any atom is 0.251 e. The third kappa shape index (κ3) is 4.57. The minimum absolute atomic E-state index is 0.257. The number of carbonyl (C=O) groups is 2. The molecule has 1 atom stereocenters. The van der Waals surface area contributed by atoms with Crippen LogP contribution < -0.4 is 15.8 Å². The summed E-state index contributed by atoms with van der Waals surface area (Å²) < 4.78 is 5.31. The monoisotopic (exact) mass is 374 g/mol. The molecule has 0 unspecified atom stereocenters. The van der Waals surface area contributed by atoms with Gasteiger partial charge in [-0.25, -0.2) is 0 Å². The second-order valence-electron chi connectivity index (χ2n) is 6.39. The van der Waals surface area contributed by atoms with E-state index in [9.17, 15) is 9.59 Å². The minimum Gasteiger partial charge on any atom is -0.496 e. The van der Waals surface area contributed by atoms with Crippen LogP contribution in [0.5, 0.6) is 5.75 Å². The van der Waals surface area contributed by atoms with E-state index in [1.807, 2.05) is 60.7 Å². The van der Waals surface area contributed by atoms with Crippen LogP contribution in [0.25, 0.3) is 11.1 Å². The zero-order chi connectivity index (χ0) is 19.9. The van der Waals surface area contributed by atoms with E-state index in [1.54, 1.807) is 25.3 Å². The molecule has 0 aliphatic heterocycles. The Kier molecular flexibility index (Phi) is 6.07. The smallest absolute Gasteiger partial charge is 0.251 e. The summed E-state index contributed by atoms with van der Waals surface area (Å²) in [5.74, 6) is -0.298. The average molecular weight is 374 g/mol. The normalized spacial score (nSPS) is 11.5. The maximum atomic E-state index is 12.6. The van der Waals surface area contributed by atoms with Crippen LogP contribution in [0.3, 0.4) is 0 Å². The molecule has 0 heterocycles. The first-order valence-electron chi connectivity index (χ1n) is 8.96. The van der Waals surface area contributed by atoms with Gasteiger partial charge in [0.05, 0.1) is 7.11 Å². The highest BCUT2D eigenvalue weighted by atomic mass is 16.5. The summed E-state index contributed by atoms with van der Waals surface area (Å²) in [4.78, 5) is 24.5. The van der Waals surface area contributed by atoms with Crippen LogP contribution in [-0.2, 0) is 11.2 Å². The molecule has 0 saturated carbocycles. The molecule has 142 valence electrons. The molecule has 0 radical (unpaired) electrons. The Hall–Kier alpha value is -3.60. The van der Waals surface area contributed by atoms with Gasteiger partial charge in [0.15, 0.2) is 0 Å². The predicted octanol–water partition coefficient (Wildman–Crippen LogP) is 3.19. The van der Waals surface area contributed by atoms with Crippen LogP contribution in [0.4, 0.5) is 0 Å². The molecule has 3 rings (SSSR count). The predicted molar refractivity (Wildman–Crippen MR) is 109 cm³/mol. The number of nitrogens with one attached hydrogen (secondary N) is 1. The number of hydrogen-bond donors (Lipinski definition) is 2. The van der Waals surface area contributed by atoms with Crippen LogP contribution in [-0.4, -0.2) is 25.0 Å². The van der Waals surface area contributed by atoms with Gasteiger partial charge in [0.1, 0.15) is 11.8 Å². The standard InChI is InChI=1S/C23H22N2O3/c1-28-21-10-6-5-9-19(21)15-20(22(24)26)25-23(27)18-13-11-17(12-14-18)16-7-3-2-4-8-16/h2-14,20H,15H2,1H3,(H2,24,26)(H,25,27)/t20-/m1/s1. The van der Waals surface area contributed by atoms with E-state index < -0.39 is 11.9 Å². The van der Waals surface area contributed by atoms with E-state index >= 15 is 0 Å². The number of para-hydroxylation sites is 1. The van der Waals surface area contributed by atoms with Gasteiger partial charge in [-0.1, -0.05) is 60.7 Å². The second kappa shape index (κ2) is 8.86. The van der Waals surface area contributed by atoms with Crippen molar-refractivity contribution in [2.75, 3.05) is 7.11 Å². The van der Waals surface area contributed by atoms with Gasteiger partial charge < -0.3 is 15.8 Å². The van der Waals surface area contributed by atoms with Gasteiger partial charge in [0, 0.05) is 12.0 Å². The largest absolute Gasteiger partial charge is 0.496 e. The van der Waals surface area contributed by atoms with Gasteiger partial charge in [-0.05, 0) is 34.9 Å². The van der Waals surface area contributed by atoms with Crippen molar-refractivity contribution in [3.63, 3.8) is 0 Å². The Morgan fingerprint density at radius 3 is 2.14 bits per heavy atom. The molecule has 0 spiro atoms. The van der Waals surface area contributed by atoms with Crippen LogP contribution >= 0.6 is 0 Å². The van der Waals surface area contributed by atoms with E-state index in [2.05, 4.69) is 5.32 Å². The maximum absolute atomic E-state index is 12.6. The third-order valence-corrected chi connectivity index (χ3v) is 4.52. The van der Waals surface area contributed by atoms with Crippen LogP contribution in [0.2, 0.25) is 0 Å². The van der Waals surface area contributed by atoms with Crippen LogP contribution in [0.15, 0.2) is 78.9 Å². The van der Waals surface area contributed by atoms with Crippen molar-refractivity contribution in [2.45, 2.75) is 12.5 Å². The molecule has 0 aliphatic carbocycles. The molecule has 3 aromatic carbocycles. The molecule has 3 aromatic rings. The number of benzene rings is 3. The number of primary amides is 1. The molecule has 5 nitrogen and oxygen atoms in total. The zero-order valence-corrected chi connectivity index (χ0v) is 15.6. The summed E-state index contributed by atoms with van der Waals surface area (Å²) in [6.45, 7) is 0. The molecular formula is C23H22N2O3. The average Bonchev–Trinajstić information content (AvgIpc) is 2.74. The summed E-state index contributed by atoms with van der Waals surface area (Å²) in [6.07, 6.45) is 0.257. The third-order valence-electron chi connectivity index (χ3n) is 4.52. The Balaban J connectivity index is 1.73. The number of methoxy groups -OCH3 is 1. The number of carbonyl (C=O) groups excluding carboxylic acids is 2. The van der Waals surface area contributed by atoms with Crippen molar-refractivity contribution >= 4 is 11.8 Å². The molecule has 0 fully saturated rings. The van der Waals surface area contributed by atoms with E-state index in [-0.39, 0.29) is 12.3 Å². The highest BCUT2D eigenvalue weighted by Gasteiger charge is 2.21. The number of rotatable bonds is 7. The number of nitrogens with two attached hydrogens (primary N) is 1. The lowest BCUT2D eigenvalue weighted by Crippen LogP contribution is -2.45. The van der Waals surface area contributed by atoms with Crippen molar-refractivity contribution in [1.29, 1.82) is 0 Å². The lowest BCUT2D eigenvalue weighted by Gasteiger charge is -2.17. The second-order valence-corrected chi connectivity index (χ2v) is 6.39. The fourth-order valence-corrected chi connectivity index (χ4v) is 3.00. The van der Waals surface area contributed by atoms with Gasteiger partial charge in [-0.15, -0.1) is 0 Å². The van der Waals surface area contributed by atoms with Crippen molar-refractivity contribution in [2.24, 2.45) is 5.73 Å². The summed E-state index contributed by atoms with van der Waals surface area (Å²) in [7, 11) is 1.56. The Labute approximate surface area is 164 Å². The number of hydrogen-bond acceptors (Lipinski definition) is 3. The summed E-state index contributed by atoms with van der Waals surface area (Å²) in [5, 5.41) is 2.72. The van der Waals surface area contributed by atoms with Gasteiger partial charge >= 0.3 is 0 Å². The van der Waals surface area contributed by atoms with Gasteiger partial charge in [-0.3, -0.25) is 9.59 Å². The fourth-order valence-electron chi connectivity index (χ4n) is 3.00. The summed E-state index contributed by atoms with van der Waals surface area (Å²) in [6, 6.07) is 23.6. The fraction of sp³-hybridized carbons (Fsp3) is 0.130. The minimum atomic E-state index is -0.836. The molecule has 28 heavy (non-hydrogen) atoms.